The predicted molar refractivity (Wildman–Crippen MR) is 85.2 cm³/mol. The molecule has 0 atom stereocenters. The molecule has 1 aliphatic heterocycles. The molecule has 2 aliphatic rings. The monoisotopic (exact) mass is 274 g/mol. The summed E-state index contributed by atoms with van der Waals surface area (Å²) in [7, 11) is 0. The molecule has 3 heteroatoms. The number of benzene rings is 1. The van der Waals surface area contributed by atoms with E-state index in [0.29, 0.717) is 5.57 Å². The zero-order chi connectivity index (χ0) is 14.4. The zero-order valence-corrected chi connectivity index (χ0v) is 11.4. The lowest BCUT2D eigenvalue weighted by molar-refractivity contribution is -0.114. The molecule has 1 aromatic heterocycles. The number of primary amides is 1. The van der Waals surface area contributed by atoms with Crippen molar-refractivity contribution in [2.45, 2.75) is 6.42 Å². The van der Waals surface area contributed by atoms with Crippen molar-refractivity contribution in [3.63, 3.8) is 0 Å². The van der Waals surface area contributed by atoms with E-state index in [4.69, 9.17) is 5.73 Å². The molecular weight excluding hydrogens is 260 g/mol. The van der Waals surface area contributed by atoms with Gasteiger partial charge in [0.05, 0.1) is 11.2 Å². The smallest absolute Gasteiger partial charge is 0.249 e. The van der Waals surface area contributed by atoms with Crippen molar-refractivity contribution < 1.29 is 4.79 Å². The maximum atomic E-state index is 11.7. The molecular formula is C18H14N2O. The van der Waals surface area contributed by atoms with Gasteiger partial charge >= 0.3 is 0 Å². The van der Waals surface area contributed by atoms with E-state index in [9.17, 15) is 4.79 Å². The maximum Gasteiger partial charge on any atom is 0.249 e. The Bertz CT molecular complexity index is 891. The SMILES string of the molecule is NC(=O)C1=C2C=CCC=C2c2cc3ccccc3n2C=C1. The first kappa shape index (κ1) is 12.0. The third-order valence-electron chi connectivity index (χ3n) is 4.00. The van der Waals surface area contributed by atoms with Crippen LogP contribution >= 0.6 is 0 Å². The number of amides is 1. The molecule has 0 bridgehead atoms. The van der Waals surface area contributed by atoms with Gasteiger partial charge in [0, 0.05) is 22.7 Å². The number of para-hydroxylation sites is 1. The summed E-state index contributed by atoms with van der Waals surface area (Å²) in [5.74, 6) is -0.395. The van der Waals surface area contributed by atoms with Crippen molar-refractivity contribution in [2.75, 3.05) is 0 Å². The Kier molecular flexibility index (Phi) is 2.48. The number of aromatic nitrogens is 1. The van der Waals surface area contributed by atoms with Crippen LogP contribution in [0.5, 0.6) is 0 Å². The van der Waals surface area contributed by atoms with Gasteiger partial charge in [-0.05, 0) is 30.2 Å². The van der Waals surface area contributed by atoms with Gasteiger partial charge < -0.3 is 10.3 Å². The fourth-order valence-electron chi connectivity index (χ4n) is 3.05. The van der Waals surface area contributed by atoms with Crippen LogP contribution in [0.15, 0.2) is 65.8 Å². The Morgan fingerprint density at radius 3 is 2.90 bits per heavy atom. The molecule has 4 rings (SSSR count). The molecule has 102 valence electrons. The Hall–Kier alpha value is -2.81. The highest BCUT2D eigenvalue weighted by Gasteiger charge is 2.21. The summed E-state index contributed by atoms with van der Waals surface area (Å²) in [6, 6.07) is 10.4. The summed E-state index contributed by atoms with van der Waals surface area (Å²) < 4.78 is 2.12. The first-order chi connectivity index (χ1) is 10.3. The lowest BCUT2D eigenvalue weighted by Crippen LogP contribution is -2.14. The van der Waals surface area contributed by atoms with Gasteiger partial charge in [0.15, 0.2) is 0 Å². The summed E-state index contributed by atoms with van der Waals surface area (Å²) >= 11 is 0. The standard InChI is InChI=1S/C18H14N2O/c19-18(21)15-9-10-20-16-8-4-1-5-12(16)11-17(20)14-7-3-2-6-13(14)15/h1-2,4-11H,3H2,(H2,19,21). The Morgan fingerprint density at radius 2 is 2.05 bits per heavy atom. The van der Waals surface area contributed by atoms with E-state index in [0.717, 1.165) is 28.8 Å². The first-order valence-electron chi connectivity index (χ1n) is 6.95. The molecule has 0 radical (unpaired) electrons. The fourth-order valence-corrected chi connectivity index (χ4v) is 3.05. The van der Waals surface area contributed by atoms with Crippen LogP contribution in [0.4, 0.5) is 0 Å². The highest BCUT2D eigenvalue weighted by atomic mass is 16.1. The first-order valence-corrected chi connectivity index (χ1v) is 6.95. The van der Waals surface area contributed by atoms with Gasteiger partial charge in [0.1, 0.15) is 0 Å². The minimum Gasteiger partial charge on any atom is -0.366 e. The van der Waals surface area contributed by atoms with E-state index in [1.165, 1.54) is 5.39 Å². The van der Waals surface area contributed by atoms with Crippen molar-refractivity contribution in [1.29, 1.82) is 0 Å². The number of hydrogen-bond acceptors (Lipinski definition) is 1. The van der Waals surface area contributed by atoms with Crippen LogP contribution in [0.2, 0.25) is 0 Å². The summed E-state index contributed by atoms with van der Waals surface area (Å²) in [6.07, 6.45) is 10.8. The van der Waals surface area contributed by atoms with Crippen LogP contribution in [-0.2, 0) is 4.79 Å². The lowest BCUT2D eigenvalue weighted by atomic mass is 9.92. The van der Waals surface area contributed by atoms with Gasteiger partial charge in [0.25, 0.3) is 0 Å². The highest BCUT2D eigenvalue weighted by molar-refractivity contribution is 6.04. The second-order valence-corrected chi connectivity index (χ2v) is 5.22. The molecule has 1 aromatic carbocycles. The molecule has 0 saturated heterocycles. The van der Waals surface area contributed by atoms with E-state index >= 15 is 0 Å². The van der Waals surface area contributed by atoms with E-state index < -0.39 is 5.91 Å². The second kappa shape index (κ2) is 4.35. The highest BCUT2D eigenvalue weighted by Crippen LogP contribution is 2.36. The maximum absolute atomic E-state index is 11.7. The number of fused-ring (bicyclic) bond motifs is 5. The van der Waals surface area contributed by atoms with Crippen molar-refractivity contribution in [1.82, 2.24) is 4.57 Å². The Labute approximate surface area is 122 Å². The molecule has 21 heavy (non-hydrogen) atoms. The van der Waals surface area contributed by atoms with E-state index in [1.807, 2.05) is 36.6 Å². The lowest BCUT2D eigenvalue weighted by Gasteiger charge is -2.13. The molecule has 0 spiro atoms. The number of rotatable bonds is 1. The number of carbonyl (C=O) groups excluding carboxylic acids is 1. The zero-order valence-electron chi connectivity index (χ0n) is 11.4. The minimum absolute atomic E-state index is 0.395. The molecule has 1 amide bonds. The van der Waals surface area contributed by atoms with Gasteiger partial charge in [-0.2, -0.15) is 0 Å². The molecule has 2 N–H and O–H groups in total. The predicted octanol–water partition coefficient (Wildman–Crippen LogP) is 3.25. The third kappa shape index (κ3) is 1.71. The van der Waals surface area contributed by atoms with Crippen LogP contribution in [0.1, 0.15) is 12.1 Å². The summed E-state index contributed by atoms with van der Waals surface area (Å²) in [4.78, 5) is 11.7. The number of hydrogen-bond donors (Lipinski definition) is 1. The van der Waals surface area contributed by atoms with Gasteiger partial charge in [-0.15, -0.1) is 0 Å². The van der Waals surface area contributed by atoms with E-state index in [1.54, 1.807) is 0 Å². The van der Waals surface area contributed by atoms with E-state index in [-0.39, 0.29) is 0 Å². The largest absolute Gasteiger partial charge is 0.366 e. The average Bonchev–Trinajstić information content (AvgIpc) is 2.78. The van der Waals surface area contributed by atoms with Crippen molar-refractivity contribution in [3.05, 3.63) is 71.5 Å². The average molecular weight is 274 g/mol. The summed E-state index contributed by atoms with van der Waals surface area (Å²) in [5, 5.41) is 1.19. The fraction of sp³-hybridized carbons (Fsp3) is 0.0556. The molecule has 2 aromatic rings. The number of carbonyl (C=O) groups is 1. The number of nitrogens with two attached hydrogens (primary N) is 1. The summed E-state index contributed by atoms with van der Waals surface area (Å²) in [6.45, 7) is 0. The van der Waals surface area contributed by atoms with Gasteiger partial charge in [-0.25, -0.2) is 0 Å². The van der Waals surface area contributed by atoms with Crippen LogP contribution in [0.25, 0.3) is 22.7 Å². The van der Waals surface area contributed by atoms with Crippen molar-refractivity contribution in [2.24, 2.45) is 5.73 Å². The van der Waals surface area contributed by atoms with Gasteiger partial charge in [0.2, 0.25) is 5.91 Å². The van der Waals surface area contributed by atoms with Crippen LogP contribution in [-0.4, -0.2) is 10.5 Å². The van der Waals surface area contributed by atoms with Crippen molar-refractivity contribution >= 4 is 28.6 Å². The topological polar surface area (TPSA) is 48.0 Å². The molecule has 3 nitrogen and oxygen atoms in total. The van der Waals surface area contributed by atoms with E-state index in [2.05, 4.69) is 28.8 Å². The van der Waals surface area contributed by atoms with Crippen LogP contribution in [0, 0.1) is 0 Å². The molecule has 1 aliphatic carbocycles. The van der Waals surface area contributed by atoms with Gasteiger partial charge in [-0.3, -0.25) is 4.79 Å². The Balaban J connectivity index is 2.06. The summed E-state index contributed by atoms with van der Waals surface area (Å²) in [5.41, 5.74) is 10.3. The number of nitrogens with zero attached hydrogens (tertiary/aromatic N) is 1. The van der Waals surface area contributed by atoms with Crippen molar-refractivity contribution in [3.8, 4) is 0 Å². The third-order valence-corrected chi connectivity index (χ3v) is 4.00. The second-order valence-electron chi connectivity index (χ2n) is 5.22. The molecule has 0 fully saturated rings. The Morgan fingerprint density at radius 1 is 1.19 bits per heavy atom. The molecule has 0 saturated carbocycles. The van der Waals surface area contributed by atoms with Crippen LogP contribution < -0.4 is 5.73 Å². The van der Waals surface area contributed by atoms with Crippen LogP contribution in [0.3, 0.4) is 0 Å². The normalized spacial score (nSPS) is 16.5. The van der Waals surface area contributed by atoms with Gasteiger partial charge in [-0.1, -0.05) is 36.4 Å². The molecule has 2 heterocycles. The quantitative estimate of drug-likeness (QED) is 0.852. The molecule has 0 unspecified atom stereocenters. The number of allylic oxidation sites excluding steroid dienone is 5. The minimum atomic E-state index is -0.395.